The van der Waals surface area contributed by atoms with Gasteiger partial charge in [0, 0.05) is 11.6 Å². The maximum absolute atomic E-state index is 12.6. The standard InChI is InChI=1S/C18H24N4O2/c1-6-7-14-10-15(8-9-16(14)24-5)18(23)20-13(4)17-21-19-11-22(17)12(2)3/h6,8-13H,1,7H2,2-5H3,(H,20,23). The first-order valence-electron chi connectivity index (χ1n) is 7.96. The van der Waals surface area contributed by atoms with Crippen molar-refractivity contribution in [2.45, 2.75) is 39.3 Å². The SMILES string of the molecule is C=CCc1cc(C(=O)NC(C)c2nncn2C(C)C)ccc1OC. The van der Waals surface area contributed by atoms with Crippen LogP contribution >= 0.6 is 0 Å². The third-order valence-electron chi connectivity index (χ3n) is 3.80. The monoisotopic (exact) mass is 328 g/mol. The molecule has 0 aliphatic carbocycles. The van der Waals surface area contributed by atoms with Crippen LogP contribution in [-0.4, -0.2) is 27.8 Å². The normalized spacial score (nSPS) is 12.0. The molecule has 0 spiro atoms. The van der Waals surface area contributed by atoms with Gasteiger partial charge in [-0.15, -0.1) is 16.8 Å². The van der Waals surface area contributed by atoms with Crippen molar-refractivity contribution in [3.8, 4) is 5.75 Å². The minimum atomic E-state index is -0.243. The van der Waals surface area contributed by atoms with Gasteiger partial charge in [-0.2, -0.15) is 0 Å². The smallest absolute Gasteiger partial charge is 0.251 e. The minimum Gasteiger partial charge on any atom is -0.496 e. The molecule has 1 aromatic heterocycles. The van der Waals surface area contributed by atoms with Gasteiger partial charge in [-0.1, -0.05) is 6.08 Å². The predicted octanol–water partition coefficient (Wildman–Crippen LogP) is 3.09. The highest BCUT2D eigenvalue weighted by molar-refractivity contribution is 5.94. The molecule has 6 heteroatoms. The van der Waals surface area contributed by atoms with Gasteiger partial charge in [-0.05, 0) is 51.0 Å². The largest absolute Gasteiger partial charge is 0.496 e. The zero-order chi connectivity index (χ0) is 17.7. The van der Waals surface area contributed by atoms with E-state index < -0.39 is 0 Å². The van der Waals surface area contributed by atoms with Gasteiger partial charge >= 0.3 is 0 Å². The molecule has 0 radical (unpaired) electrons. The van der Waals surface area contributed by atoms with E-state index in [0.29, 0.717) is 12.0 Å². The molecule has 128 valence electrons. The van der Waals surface area contributed by atoms with E-state index in [1.165, 1.54) is 0 Å². The van der Waals surface area contributed by atoms with Crippen LogP contribution in [0.2, 0.25) is 0 Å². The van der Waals surface area contributed by atoms with Gasteiger partial charge in [0.15, 0.2) is 5.82 Å². The van der Waals surface area contributed by atoms with E-state index in [2.05, 4.69) is 22.1 Å². The molecule has 1 atom stereocenters. The van der Waals surface area contributed by atoms with Crippen molar-refractivity contribution < 1.29 is 9.53 Å². The topological polar surface area (TPSA) is 69.0 Å². The first-order chi connectivity index (χ1) is 11.5. The first kappa shape index (κ1) is 17.7. The molecule has 0 saturated carbocycles. The fourth-order valence-electron chi connectivity index (χ4n) is 2.54. The maximum Gasteiger partial charge on any atom is 0.251 e. The van der Waals surface area contributed by atoms with Crippen molar-refractivity contribution in [2.24, 2.45) is 0 Å². The number of aromatic nitrogens is 3. The van der Waals surface area contributed by atoms with E-state index in [4.69, 9.17) is 4.74 Å². The minimum absolute atomic E-state index is 0.159. The van der Waals surface area contributed by atoms with E-state index >= 15 is 0 Å². The number of hydrogen-bond donors (Lipinski definition) is 1. The van der Waals surface area contributed by atoms with Crippen LogP contribution < -0.4 is 10.1 Å². The van der Waals surface area contributed by atoms with Gasteiger partial charge in [0.05, 0.1) is 13.2 Å². The molecule has 1 amide bonds. The molecule has 0 aliphatic heterocycles. The number of hydrogen-bond acceptors (Lipinski definition) is 4. The molecule has 24 heavy (non-hydrogen) atoms. The van der Waals surface area contributed by atoms with Crippen molar-refractivity contribution >= 4 is 5.91 Å². The number of ether oxygens (including phenoxy) is 1. The zero-order valence-electron chi connectivity index (χ0n) is 14.6. The van der Waals surface area contributed by atoms with E-state index in [-0.39, 0.29) is 18.0 Å². The number of carbonyl (C=O) groups excluding carboxylic acids is 1. The van der Waals surface area contributed by atoms with Gasteiger partial charge in [-0.3, -0.25) is 4.79 Å². The summed E-state index contributed by atoms with van der Waals surface area (Å²) in [5, 5.41) is 11.0. The van der Waals surface area contributed by atoms with Gasteiger partial charge < -0.3 is 14.6 Å². The van der Waals surface area contributed by atoms with Gasteiger partial charge in [0.1, 0.15) is 12.1 Å². The fraction of sp³-hybridized carbons (Fsp3) is 0.389. The lowest BCUT2D eigenvalue weighted by molar-refractivity contribution is 0.0937. The first-order valence-corrected chi connectivity index (χ1v) is 7.96. The lowest BCUT2D eigenvalue weighted by Crippen LogP contribution is -2.29. The Morgan fingerprint density at radius 3 is 2.79 bits per heavy atom. The molecule has 0 saturated heterocycles. The summed E-state index contributed by atoms with van der Waals surface area (Å²) in [5.41, 5.74) is 1.51. The lowest BCUT2D eigenvalue weighted by atomic mass is 10.1. The Bertz CT molecular complexity index is 722. The van der Waals surface area contributed by atoms with Crippen molar-refractivity contribution in [2.75, 3.05) is 7.11 Å². The average molecular weight is 328 g/mol. The molecule has 0 fully saturated rings. The molecule has 2 aromatic rings. The van der Waals surface area contributed by atoms with Gasteiger partial charge in [0.2, 0.25) is 0 Å². The van der Waals surface area contributed by atoms with E-state index in [0.717, 1.165) is 17.1 Å². The summed E-state index contributed by atoms with van der Waals surface area (Å²) in [5.74, 6) is 1.32. The molecule has 0 aliphatic rings. The van der Waals surface area contributed by atoms with E-state index in [9.17, 15) is 4.79 Å². The van der Waals surface area contributed by atoms with Crippen LogP contribution in [0.4, 0.5) is 0 Å². The Balaban J connectivity index is 2.18. The molecule has 1 aromatic carbocycles. The zero-order valence-corrected chi connectivity index (χ0v) is 14.6. The molecule has 6 nitrogen and oxygen atoms in total. The number of nitrogens with one attached hydrogen (secondary N) is 1. The van der Waals surface area contributed by atoms with Crippen LogP contribution in [0, 0.1) is 0 Å². The highest BCUT2D eigenvalue weighted by Gasteiger charge is 2.18. The highest BCUT2D eigenvalue weighted by atomic mass is 16.5. The number of rotatable bonds is 7. The van der Waals surface area contributed by atoms with E-state index in [1.807, 2.05) is 31.4 Å². The Labute approximate surface area is 142 Å². The van der Waals surface area contributed by atoms with Crippen LogP contribution in [0.3, 0.4) is 0 Å². The summed E-state index contributed by atoms with van der Waals surface area (Å²) in [6.45, 7) is 9.73. The summed E-state index contributed by atoms with van der Waals surface area (Å²) in [6.07, 6.45) is 4.10. The summed E-state index contributed by atoms with van der Waals surface area (Å²) in [6, 6.07) is 5.37. The molecule has 0 bridgehead atoms. The van der Waals surface area contributed by atoms with Crippen LogP contribution in [0.5, 0.6) is 5.75 Å². The molecule has 1 heterocycles. The average Bonchev–Trinajstić information content (AvgIpc) is 3.05. The molecule has 1 N–H and O–H groups in total. The number of allylic oxidation sites excluding steroid dienone is 1. The summed E-state index contributed by atoms with van der Waals surface area (Å²) in [4.78, 5) is 12.6. The Hall–Kier alpha value is -2.63. The maximum atomic E-state index is 12.6. The van der Waals surface area contributed by atoms with Crippen LogP contribution in [-0.2, 0) is 6.42 Å². The number of benzene rings is 1. The predicted molar refractivity (Wildman–Crippen MR) is 93.2 cm³/mol. The molecular formula is C18H24N4O2. The van der Waals surface area contributed by atoms with Gasteiger partial charge in [-0.25, -0.2) is 0 Å². The Morgan fingerprint density at radius 1 is 1.42 bits per heavy atom. The summed E-state index contributed by atoms with van der Waals surface area (Å²) >= 11 is 0. The second kappa shape index (κ2) is 7.77. The van der Waals surface area contributed by atoms with Crippen molar-refractivity contribution in [3.63, 3.8) is 0 Å². The molecular weight excluding hydrogens is 304 g/mol. The number of nitrogens with zero attached hydrogens (tertiary/aromatic N) is 3. The van der Waals surface area contributed by atoms with Crippen molar-refractivity contribution in [1.82, 2.24) is 20.1 Å². The highest BCUT2D eigenvalue weighted by Crippen LogP contribution is 2.21. The summed E-state index contributed by atoms with van der Waals surface area (Å²) in [7, 11) is 1.61. The third kappa shape index (κ3) is 3.82. The lowest BCUT2D eigenvalue weighted by Gasteiger charge is -2.17. The van der Waals surface area contributed by atoms with Crippen LogP contribution in [0.25, 0.3) is 0 Å². The molecule has 1 unspecified atom stereocenters. The Morgan fingerprint density at radius 2 is 2.17 bits per heavy atom. The van der Waals surface area contributed by atoms with E-state index in [1.54, 1.807) is 31.6 Å². The number of amides is 1. The van der Waals surface area contributed by atoms with Crippen molar-refractivity contribution in [1.29, 1.82) is 0 Å². The third-order valence-corrected chi connectivity index (χ3v) is 3.80. The van der Waals surface area contributed by atoms with Crippen molar-refractivity contribution in [3.05, 3.63) is 54.1 Å². The quantitative estimate of drug-likeness (QED) is 0.793. The molecule has 2 rings (SSSR count). The number of methoxy groups -OCH3 is 1. The number of carbonyl (C=O) groups is 1. The second-order valence-electron chi connectivity index (χ2n) is 5.90. The second-order valence-corrected chi connectivity index (χ2v) is 5.90. The fourth-order valence-corrected chi connectivity index (χ4v) is 2.54. The van der Waals surface area contributed by atoms with Gasteiger partial charge in [0.25, 0.3) is 5.91 Å². The van der Waals surface area contributed by atoms with Crippen LogP contribution in [0.1, 0.15) is 54.6 Å². The summed E-state index contributed by atoms with van der Waals surface area (Å²) < 4.78 is 7.26. The van der Waals surface area contributed by atoms with Crippen LogP contribution in [0.15, 0.2) is 37.2 Å². The Kier molecular flexibility index (Phi) is 5.73.